The number of hydrogen-bond donors (Lipinski definition) is 0. The zero-order valence-corrected chi connectivity index (χ0v) is 18.7. The number of benzene rings is 2. The first-order valence-electron chi connectivity index (χ1n) is 9.27. The number of likely N-dealkylation sites (N-methyl/N-ethyl adjacent to an activating group) is 1. The van der Waals surface area contributed by atoms with Gasteiger partial charge in [-0.2, -0.15) is 5.10 Å². The number of para-hydroxylation sites is 1. The van der Waals surface area contributed by atoms with Gasteiger partial charge in [-0.3, -0.25) is 9.69 Å². The van der Waals surface area contributed by atoms with Crippen molar-refractivity contribution in [3.05, 3.63) is 70.2 Å². The maximum Gasteiger partial charge on any atom is 0.265 e. The Balaban J connectivity index is 1.83. The molecule has 0 aliphatic carbocycles. The van der Waals surface area contributed by atoms with E-state index in [0.29, 0.717) is 32.3 Å². The average Bonchev–Trinajstić information content (AvgIpc) is 3.27. The fourth-order valence-electron chi connectivity index (χ4n) is 3.04. The molecule has 0 spiro atoms. The number of nitrogens with zero attached hydrogens (tertiary/aromatic N) is 3. The highest BCUT2D eigenvalue weighted by Crippen LogP contribution is 2.36. The minimum Gasteiger partial charge on any atom is -0.492 e. The van der Waals surface area contributed by atoms with Crippen molar-refractivity contribution >= 4 is 51.9 Å². The van der Waals surface area contributed by atoms with Crippen LogP contribution in [0.1, 0.15) is 12.5 Å². The summed E-state index contributed by atoms with van der Waals surface area (Å²) in [5.41, 5.74) is 3.26. The second-order valence-electron chi connectivity index (χ2n) is 6.53. The lowest BCUT2D eigenvalue weighted by Crippen LogP contribution is -2.22. The van der Waals surface area contributed by atoms with E-state index in [-0.39, 0.29) is 5.91 Å². The third-order valence-electron chi connectivity index (χ3n) is 4.54. The second-order valence-corrected chi connectivity index (χ2v) is 8.62. The molecule has 152 valence electrons. The number of carbonyl (C=O) groups excluding carboxylic acids is 1. The number of ether oxygens (including phenoxy) is 1. The van der Waals surface area contributed by atoms with Crippen LogP contribution in [0.4, 0.5) is 0 Å². The molecule has 3 aromatic rings. The lowest BCUT2D eigenvalue weighted by Gasteiger charge is -2.07. The van der Waals surface area contributed by atoms with E-state index in [0.717, 1.165) is 16.8 Å². The molecule has 0 atom stereocenters. The molecular formula is C22H18ClN3O2S2. The standard InChI is InChI=1S/C22H18ClN3O2S2/c1-3-28-18-10-9-14(11-17(18)23)20-15(12-19-21(27)25(2)22(29)30-19)13-26(24-20)16-7-5-4-6-8-16/h4-13H,3H2,1-2H3/b19-12-. The van der Waals surface area contributed by atoms with Crippen molar-refractivity contribution in [1.82, 2.24) is 14.7 Å². The van der Waals surface area contributed by atoms with E-state index in [9.17, 15) is 4.79 Å². The van der Waals surface area contributed by atoms with Gasteiger partial charge in [0.05, 0.1) is 22.2 Å². The summed E-state index contributed by atoms with van der Waals surface area (Å²) in [6.07, 6.45) is 3.73. The second kappa shape index (κ2) is 8.63. The first-order chi connectivity index (χ1) is 14.5. The lowest BCUT2D eigenvalue weighted by molar-refractivity contribution is -0.121. The Kier molecular flexibility index (Phi) is 5.94. The molecule has 1 aliphatic rings. The van der Waals surface area contributed by atoms with Crippen LogP contribution in [-0.2, 0) is 4.79 Å². The van der Waals surface area contributed by atoms with Gasteiger partial charge in [0, 0.05) is 24.4 Å². The van der Waals surface area contributed by atoms with E-state index in [1.54, 1.807) is 11.7 Å². The largest absolute Gasteiger partial charge is 0.492 e. The van der Waals surface area contributed by atoms with Crippen molar-refractivity contribution in [1.29, 1.82) is 0 Å². The Labute approximate surface area is 189 Å². The molecule has 2 heterocycles. The molecule has 2 aromatic carbocycles. The summed E-state index contributed by atoms with van der Waals surface area (Å²) in [5, 5.41) is 5.29. The van der Waals surface area contributed by atoms with Crippen LogP contribution in [0.15, 0.2) is 59.6 Å². The van der Waals surface area contributed by atoms with Crippen LogP contribution in [0.3, 0.4) is 0 Å². The van der Waals surface area contributed by atoms with E-state index in [2.05, 4.69) is 0 Å². The summed E-state index contributed by atoms with van der Waals surface area (Å²) < 4.78 is 7.86. The number of rotatable bonds is 5. The molecular weight excluding hydrogens is 438 g/mol. The number of hydrogen-bond acceptors (Lipinski definition) is 5. The van der Waals surface area contributed by atoms with Crippen LogP contribution in [0, 0.1) is 0 Å². The zero-order valence-electron chi connectivity index (χ0n) is 16.3. The molecule has 0 bridgehead atoms. The van der Waals surface area contributed by atoms with Crippen LogP contribution >= 0.6 is 35.6 Å². The maximum absolute atomic E-state index is 12.5. The van der Waals surface area contributed by atoms with Gasteiger partial charge in [-0.1, -0.05) is 53.8 Å². The Morgan fingerprint density at radius 3 is 2.63 bits per heavy atom. The molecule has 1 saturated heterocycles. The minimum atomic E-state index is -0.117. The predicted octanol–water partition coefficient (Wildman–Crippen LogP) is 5.42. The van der Waals surface area contributed by atoms with E-state index in [4.69, 9.17) is 33.7 Å². The number of thioether (sulfide) groups is 1. The Hall–Kier alpha value is -2.61. The van der Waals surface area contributed by atoms with Crippen LogP contribution < -0.4 is 4.74 Å². The van der Waals surface area contributed by atoms with Gasteiger partial charge < -0.3 is 4.74 Å². The lowest BCUT2D eigenvalue weighted by atomic mass is 10.1. The Morgan fingerprint density at radius 1 is 1.23 bits per heavy atom. The summed E-state index contributed by atoms with van der Waals surface area (Å²) >= 11 is 12.9. The van der Waals surface area contributed by atoms with Gasteiger partial charge >= 0.3 is 0 Å². The molecule has 30 heavy (non-hydrogen) atoms. The van der Waals surface area contributed by atoms with E-state index >= 15 is 0 Å². The first-order valence-corrected chi connectivity index (χ1v) is 10.9. The predicted molar refractivity (Wildman–Crippen MR) is 126 cm³/mol. The highest BCUT2D eigenvalue weighted by atomic mass is 35.5. The molecule has 0 unspecified atom stereocenters. The summed E-state index contributed by atoms with van der Waals surface area (Å²) in [6, 6.07) is 15.4. The van der Waals surface area contributed by atoms with Gasteiger partial charge in [-0.05, 0) is 43.3 Å². The third kappa shape index (κ3) is 4.01. The van der Waals surface area contributed by atoms with Crippen molar-refractivity contribution in [2.45, 2.75) is 6.92 Å². The van der Waals surface area contributed by atoms with E-state index in [1.165, 1.54) is 16.7 Å². The fourth-order valence-corrected chi connectivity index (χ4v) is 4.44. The molecule has 8 heteroatoms. The summed E-state index contributed by atoms with van der Waals surface area (Å²) in [5.74, 6) is 0.506. The molecule has 4 rings (SSSR count). The number of halogens is 1. The van der Waals surface area contributed by atoms with Crippen molar-refractivity contribution in [3.63, 3.8) is 0 Å². The molecule has 1 amide bonds. The van der Waals surface area contributed by atoms with E-state index in [1.807, 2.05) is 67.7 Å². The van der Waals surface area contributed by atoms with Crippen molar-refractivity contribution in [3.8, 4) is 22.7 Å². The quantitative estimate of drug-likeness (QED) is 0.379. The van der Waals surface area contributed by atoms with Gasteiger partial charge in [0.25, 0.3) is 5.91 Å². The monoisotopic (exact) mass is 455 g/mol. The van der Waals surface area contributed by atoms with Gasteiger partial charge in [-0.25, -0.2) is 4.68 Å². The molecule has 1 aliphatic heterocycles. The zero-order chi connectivity index (χ0) is 21.3. The molecule has 0 saturated carbocycles. The van der Waals surface area contributed by atoms with Crippen LogP contribution in [-0.4, -0.2) is 38.6 Å². The van der Waals surface area contributed by atoms with Crippen LogP contribution in [0.2, 0.25) is 5.02 Å². The molecule has 1 aromatic heterocycles. The normalized spacial score (nSPS) is 15.3. The van der Waals surface area contributed by atoms with Crippen LogP contribution in [0.5, 0.6) is 5.75 Å². The van der Waals surface area contributed by atoms with Gasteiger partial charge in [0.1, 0.15) is 15.8 Å². The maximum atomic E-state index is 12.5. The third-order valence-corrected chi connectivity index (χ3v) is 6.32. The highest BCUT2D eigenvalue weighted by Gasteiger charge is 2.29. The van der Waals surface area contributed by atoms with E-state index < -0.39 is 0 Å². The SMILES string of the molecule is CCOc1ccc(-c2nn(-c3ccccc3)cc2/C=C2\SC(=S)N(C)C2=O)cc1Cl. The van der Waals surface area contributed by atoms with Gasteiger partial charge in [0.2, 0.25) is 0 Å². The Bertz CT molecular complexity index is 1160. The van der Waals surface area contributed by atoms with Crippen LogP contribution in [0.25, 0.3) is 23.0 Å². The first kappa shape index (κ1) is 20.7. The van der Waals surface area contributed by atoms with Crippen molar-refractivity contribution in [2.75, 3.05) is 13.7 Å². The van der Waals surface area contributed by atoms with Crippen molar-refractivity contribution in [2.24, 2.45) is 0 Å². The van der Waals surface area contributed by atoms with Crippen molar-refractivity contribution < 1.29 is 9.53 Å². The number of carbonyl (C=O) groups is 1. The smallest absolute Gasteiger partial charge is 0.265 e. The van der Waals surface area contributed by atoms with Gasteiger partial charge in [-0.15, -0.1) is 0 Å². The fraction of sp³-hybridized carbons (Fsp3) is 0.136. The topological polar surface area (TPSA) is 47.4 Å². The molecule has 1 fully saturated rings. The summed E-state index contributed by atoms with van der Waals surface area (Å²) in [6.45, 7) is 2.44. The number of aromatic nitrogens is 2. The average molecular weight is 456 g/mol. The molecule has 5 nitrogen and oxygen atoms in total. The number of amides is 1. The summed E-state index contributed by atoms with van der Waals surface area (Å²) in [4.78, 5) is 14.5. The molecule has 0 N–H and O–H groups in total. The van der Waals surface area contributed by atoms with Gasteiger partial charge in [0.15, 0.2) is 0 Å². The highest BCUT2D eigenvalue weighted by molar-refractivity contribution is 8.26. The Morgan fingerprint density at radius 2 is 2.00 bits per heavy atom. The molecule has 0 radical (unpaired) electrons. The summed E-state index contributed by atoms with van der Waals surface area (Å²) in [7, 11) is 1.68. The number of thiocarbonyl (C=S) groups is 1. The minimum absolute atomic E-state index is 0.117.